The number of aromatic nitrogens is 4. The van der Waals surface area contributed by atoms with Crippen LogP contribution in [0.2, 0.25) is 0 Å². The van der Waals surface area contributed by atoms with E-state index in [1.807, 2.05) is 34.7 Å². The molecule has 0 amide bonds. The monoisotopic (exact) mass is 273 g/mol. The van der Waals surface area contributed by atoms with E-state index in [1.165, 1.54) is 5.56 Å². The highest BCUT2D eigenvalue weighted by Crippen LogP contribution is 2.23. The molecule has 1 unspecified atom stereocenters. The highest BCUT2D eigenvalue weighted by atomic mass is 32.1. The van der Waals surface area contributed by atoms with Gasteiger partial charge in [-0.25, -0.2) is 9.50 Å². The maximum atomic E-state index is 4.37. The molecule has 19 heavy (non-hydrogen) atoms. The van der Waals surface area contributed by atoms with E-state index in [1.54, 1.807) is 17.5 Å². The van der Waals surface area contributed by atoms with Crippen molar-refractivity contribution < 1.29 is 0 Å². The van der Waals surface area contributed by atoms with Gasteiger partial charge in [0.1, 0.15) is 0 Å². The van der Waals surface area contributed by atoms with E-state index in [-0.39, 0.29) is 6.04 Å². The lowest BCUT2D eigenvalue weighted by Gasteiger charge is -2.15. The lowest BCUT2D eigenvalue weighted by atomic mass is 10.1. The molecule has 3 aromatic rings. The summed E-state index contributed by atoms with van der Waals surface area (Å²) < 4.78 is 1.86. The third-order valence-corrected chi connectivity index (χ3v) is 3.84. The number of thiazole rings is 1. The second-order valence-corrected chi connectivity index (χ2v) is 5.23. The smallest absolute Gasteiger partial charge is 0.0943 e. The molecule has 98 valence electrons. The van der Waals surface area contributed by atoms with Crippen LogP contribution in [0.4, 0.5) is 0 Å². The van der Waals surface area contributed by atoms with Crippen LogP contribution in [0.1, 0.15) is 23.5 Å². The van der Waals surface area contributed by atoms with Crippen molar-refractivity contribution in [3.63, 3.8) is 0 Å². The van der Waals surface area contributed by atoms with Gasteiger partial charge >= 0.3 is 0 Å². The number of hydrogen-bond donors (Lipinski definition) is 1. The molecule has 3 heterocycles. The summed E-state index contributed by atoms with van der Waals surface area (Å²) in [7, 11) is 0. The third-order valence-electron chi connectivity index (χ3n) is 3.04. The summed E-state index contributed by atoms with van der Waals surface area (Å²) in [5.74, 6) is 0. The Hall–Kier alpha value is -1.79. The van der Waals surface area contributed by atoms with Crippen molar-refractivity contribution in [3.05, 3.63) is 46.9 Å². The van der Waals surface area contributed by atoms with Crippen LogP contribution < -0.4 is 5.32 Å². The zero-order valence-electron chi connectivity index (χ0n) is 10.7. The van der Waals surface area contributed by atoms with Gasteiger partial charge in [0.15, 0.2) is 0 Å². The van der Waals surface area contributed by atoms with Crippen LogP contribution >= 0.6 is 11.3 Å². The van der Waals surface area contributed by atoms with Crippen LogP contribution in [-0.2, 0) is 6.42 Å². The SMILES string of the molecule is CCNC(Cc1nccs1)c1cnn2ccncc12. The van der Waals surface area contributed by atoms with Gasteiger partial charge < -0.3 is 5.32 Å². The number of rotatable bonds is 5. The van der Waals surface area contributed by atoms with Gasteiger partial charge in [-0.1, -0.05) is 6.92 Å². The zero-order valence-corrected chi connectivity index (χ0v) is 11.5. The summed E-state index contributed by atoms with van der Waals surface area (Å²) in [5, 5.41) is 11.0. The molecule has 1 atom stereocenters. The Balaban J connectivity index is 1.95. The van der Waals surface area contributed by atoms with Crippen molar-refractivity contribution in [1.29, 1.82) is 0 Å². The number of nitrogens with zero attached hydrogens (tertiary/aromatic N) is 4. The molecule has 1 N–H and O–H groups in total. The first-order valence-electron chi connectivity index (χ1n) is 6.27. The Kier molecular flexibility index (Phi) is 3.52. The minimum atomic E-state index is 0.220. The summed E-state index contributed by atoms with van der Waals surface area (Å²) in [4.78, 5) is 8.55. The summed E-state index contributed by atoms with van der Waals surface area (Å²) in [6, 6.07) is 0.220. The number of fused-ring (bicyclic) bond motifs is 1. The molecule has 0 saturated carbocycles. The maximum Gasteiger partial charge on any atom is 0.0943 e. The minimum absolute atomic E-state index is 0.220. The lowest BCUT2D eigenvalue weighted by molar-refractivity contribution is 0.552. The van der Waals surface area contributed by atoms with E-state index < -0.39 is 0 Å². The topological polar surface area (TPSA) is 55.1 Å². The molecule has 6 heteroatoms. The summed E-state index contributed by atoms with van der Waals surface area (Å²) in [5.41, 5.74) is 2.22. The van der Waals surface area contributed by atoms with E-state index in [4.69, 9.17) is 0 Å². The van der Waals surface area contributed by atoms with E-state index in [2.05, 4.69) is 27.3 Å². The molecule has 0 fully saturated rings. The van der Waals surface area contributed by atoms with E-state index in [9.17, 15) is 0 Å². The summed E-state index contributed by atoms with van der Waals surface area (Å²) in [6.45, 7) is 3.02. The molecule has 0 radical (unpaired) electrons. The molecule has 0 aliphatic rings. The van der Waals surface area contributed by atoms with E-state index >= 15 is 0 Å². The molecule has 5 nitrogen and oxygen atoms in total. The Morgan fingerprint density at radius 2 is 2.32 bits per heavy atom. The normalized spacial score (nSPS) is 12.9. The predicted octanol–water partition coefficient (Wildman–Crippen LogP) is 2.08. The Morgan fingerprint density at radius 3 is 3.11 bits per heavy atom. The van der Waals surface area contributed by atoms with Crippen LogP contribution in [0.25, 0.3) is 5.52 Å². The first kappa shape index (κ1) is 12.3. The number of hydrogen-bond acceptors (Lipinski definition) is 5. The fourth-order valence-corrected chi connectivity index (χ4v) is 2.85. The van der Waals surface area contributed by atoms with E-state index in [0.717, 1.165) is 23.5 Å². The Labute approximate surface area is 115 Å². The molecule has 0 bridgehead atoms. The standard InChI is InChI=1S/C13H15N5S/c1-2-15-11(7-13-16-4-6-19-13)10-8-17-18-5-3-14-9-12(10)18/h3-6,8-9,11,15H,2,7H2,1H3. The van der Waals surface area contributed by atoms with Crippen molar-refractivity contribution in [3.8, 4) is 0 Å². The first-order valence-corrected chi connectivity index (χ1v) is 7.15. The zero-order chi connectivity index (χ0) is 13.1. The third kappa shape index (κ3) is 2.50. The fraction of sp³-hybridized carbons (Fsp3) is 0.308. The molecular formula is C13H15N5S. The summed E-state index contributed by atoms with van der Waals surface area (Å²) in [6.07, 6.45) is 10.1. The average molecular weight is 273 g/mol. The van der Waals surface area contributed by atoms with Crippen molar-refractivity contribution in [2.45, 2.75) is 19.4 Å². The molecule has 0 aromatic carbocycles. The van der Waals surface area contributed by atoms with Gasteiger partial charge in [0.05, 0.1) is 22.9 Å². The van der Waals surface area contributed by atoms with Crippen LogP contribution in [0.15, 0.2) is 36.4 Å². The van der Waals surface area contributed by atoms with Gasteiger partial charge in [0.2, 0.25) is 0 Å². The maximum absolute atomic E-state index is 4.37. The van der Waals surface area contributed by atoms with E-state index in [0.29, 0.717) is 0 Å². The largest absolute Gasteiger partial charge is 0.310 e. The molecule has 3 rings (SSSR count). The van der Waals surface area contributed by atoms with Crippen LogP contribution in [0.5, 0.6) is 0 Å². The average Bonchev–Trinajstić information content (AvgIpc) is 3.07. The number of nitrogens with one attached hydrogen (secondary N) is 1. The molecular weight excluding hydrogens is 258 g/mol. The van der Waals surface area contributed by atoms with Gasteiger partial charge in [-0.15, -0.1) is 11.3 Å². The molecule has 0 aliphatic carbocycles. The van der Waals surface area contributed by atoms with Gasteiger partial charge in [-0.2, -0.15) is 5.10 Å². The van der Waals surface area contributed by atoms with Crippen molar-refractivity contribution >= 4 is 16.9 Å². The first-order chi connectivity index (χ1) is 9.38. The highest BCUT2D eigenvalue weighted by Gasteiger charge is 2.17. The number of likely N-dealkylation sites (N-methyl/N-ethyl adjacent to an activating group) is 1. The Morgan fingerprint density at radius 1 is 1.37 bits per heavy atom. The van der Waals surface area contributed by atoms with Crippen molar-refractivity contribution in [2.75, 3.05) is 6.54 Å². The fourth-order valence-electron chi connectivity index (χ4n) is 2.19. The van der Waals surface area contributed by atoms with Gasteiger partial charge in [-0.05, 0) is 6.54 Å². The van der Waals surface area contributed by atoms with Crippen molar-refractivity contribution in [2.24, 2.45) is 0 Å². The molecule has 3 aromatic heterocycles. The highest BCUT2D eigenvalue weighted by molar-refractivity contribution is 7.09. The van der Waals surface area contributed by atoms with Gasteiger partial charge in [0.25, 0.3) is 0 Å². The quantitative estimate of drug-likeness (QED) is 0.773. The van der Waals surface area contributed by atoms with Crippen LogP contribution in [-0.4, -0.2) is 26.1 Å². The Bertz CT molecular complexity index is 646. The van der Waals surface area contributed by atoms with Gasteiger partial charge in [-0.3, -0.25) is 4.98 Å². The van der Waals surface area contributed by atoms with Crippen molar-refractivity contribution in [1.82, 2.24) is 24.9 Å². The van der Waals surface area contributed by atoms with Crippen LogP contribution in [0, 0.1) is 0 Å². The van der Waals surface area contributed by atoms with Crippen LogP contribution in [0.3, 0.4) is 0 Å². The molecule has 0 spiro atoms. The van der Waals surface area contributed by atoms with Gasteiger partial charge in [0, 0.05) is 42.0 Å². The summed E-state index contributed by atoms with van der Waals surface area (Å²) >= 11 is 1.69. The molecule has 0 saturated heterocycles. The minimum Gasteiger partial charge on any atom is -0.310 e. The predicted molar refractivity (Wildman–Crippen MR) is 75.2 cm³/mol. The second kappa shape index (κ2) is 5.46. The lowest BCUT2D eigenvalue weighted by Crippen LogP contribution is -2.22. The molecule has 0 aliphatic heterocycles. The second-order valence-electron chi connectivity index (χ2n) is 4.25.